The molecule has 0 radical (unpaired) electrons. The first-order chi connectivity index (χ1) is 8.17. The Balaban J connectivity index is 2.63. The van der Waals surface area contributed by atoms with Crippen LogP contribution in [0.5, 0.6) is 0 Å². The zero-order chi connectivity index (χ0) is 14.0. The summed E-state index contributed by atoms with van der Waals surface area (Å²) < 4.78 is 36.9. The van der Waals surface area contributed by atoms with Gasteiger partial charge in [-0.25, -0.2) is 0 Å². The first kappa shape index (κ1) is 5.35. The average molecular weight is 192 g/mol. The minimum Gasteiger partial charge on any atom is -0.358 e. The number of rotatable bonds is 4. The van der Waals surface area contributed by atoms with Crippen LogP contribution in [0.15, 0.2) is 0 Å². The molecule has 1 atom stereocenters. The van der Waals surface area contributed by atoms with Gasteiger partial charge in [0.1, 0.15) is 0 Å². The summed E-state index contributed by atoms with van der Waals surface area (Å²) in [4.78, 5) is 13.2. The van der Waals surface area contributed by atoms with E-state index in [1.165, 1.54) is 0 Å². The van der Waals surface area contributed by atoms with Crippen LogP contribution in [0.1, 0.15) is 39.3 Å². The van der Waals surface area contributed by atoms with E-state index in [0.717, 1.165) is 19.4 Å². The van der Waals surface area contributed by atoms with E-state index in [4.69, 9.17) is 6.85 Å². The fourth-order valence-corrected chi connectivity index (χ4v) is 1.72. The van der Waals surface area contributed by atoms with E-state index in [9.17, 15) is 4.79 Å². The van der Waals surface area contributed by atoms with Crippen LogP contribution in [0.2, 0.25) is 0 Å². The van der Waals surface area contributed by atoms with E-state index in [-0.39, 0.29) is 24.9 Å². The number of hydrogen-bond acceptors (Lipinski definition) is 2. The van der Waals surface area contributed by atoms with E-state index < -0.39 is 13.2 Å². The molecule has 1 saturated heterocycles. The lowest BCUT2D eigenvalue weighted by molar-refractivity contribution is -0.122. The first-order valence-electron chi connectivity index (χ1n) is 7.12. The molecule has 3 nitrogen and oxygen atoms in total. The Morgan fingerprint density at radius 2 is 2.69 bits per heavy atom. The maximum absolute atomic E-state index is 11.3. The van der Waals surface area contributed by atoms with Crippen molar-refractivity contribution < 1.29 is 11.6 Å². The van der Waals surface area contributed by atoms with Crippen LogP contribution in [-0.4, -0.2) is 37.0 Å². The number of likely N-dealkylation sites (tertiary alicyclic amines) is 1. The van der Waals surface area contributed by atoms with Crippen molar-refractivity contribution in [3.63, 3.8) is 0 Å². The third kappa shape index (κ3) is 2.99. The van der Waals surface area contributed by atoms with E-state index in [1.54, 1.807) is 7.05 Å². The van der Waals surface area contributed by atoms with E-state index in [0.29, 0.717) is 0 Å². The molecule has 1 aliphatic heterocycles. The van der Waals surface area contributed by atoms with E-state index in [1.807, 2.05) is 4.90 Å². The second kappa shape index (κ2) is 5.22. The molecule has 1 aliphatic rings. The summed E-state index contributed by atoms with van der Waals surface area (Å²) in [7, 11) is 1.55. The van der Waals surface area contributed by atoms with Crippen molar-refractivity contribution in [2.45, 2.75) is 38.5 Å². The van der Waals surface area contributed by atoms with Gasteiger partial charge in [0, 0.05) is 19.9 Å². The van der Waals surface area contributed by atoms with Crippen molar-refractivity contribution in [1.29, 1.82) is 0 Å². The Kier molecular flexibility index (Phi) is 2.15. The van der Waals surface area contributed by atoms with Gasteiger partial charge in [0.2, 0.25) is 5.91 Å². The molecule has 76 valence electrons. The standard InChI is InChI=1S/C10H20N2O/c1-3-5-9-6-4-7-12(9)8-10(13)11-2/h9H,3-8H2,1-2H3,(H,11,13)/i1D3,2+1,3D2,11+1,12+1. The van der Waals surface area contributed by atoms with Crippen molar-refractivity contribution in [3.05, 3.63) is 0 Å². The Hall–Kier alpha value is -0.570. The van der Waals surface area contributed by atoms with Gasteiger partial charge in [-0.2, -0.15) is 0 Å². The molecule has 0 saturated carbocycles. The smallest absolute Gasteiger partial charge is 0.233 e. The Morgan fingerprint density at radius 3 is 3.38 bits per heavy atom. The zero-order valence-electron chi connectivity index (χ0n) is 13.0. The summed E-state index contributed by atoms with van der Waals surface area (Å²) in [5.41, 5.74) is 0. The van der Waals surface area contributed by atoms with Crippen LogP contribution >= 0.6 is 0 Å². The number of likely N-dealkylation sites (N-methyl/N-ethyl adjacent to an activating group) is 1. The largest absolute Gasteiger partial charge is 0.358 e. The lowest BCUT2D eigenvalue weighted by atomic mass is 10.1. The van der Waals surface area contributed by atoms with Crippen molar-refractivity contribution in [1.82, 2.24) is 10.2 Å². The maximum Gasteiger partial charge on any atom is 0.233 e. The fourth-order valence-electron chi connectivity index (χ4n) is 1.72. The molecule has 1 fully saturated rings. The minimum atomic E-state index is -2.62. The monoisotopic (exact) mass is 192 g/mol. The molecular weight excluding hydrogens is 167 g/mol. The quantitative estimate of drug-likeness (QED) is 0.532. The maximum atomic E-state index is 11.3. The molecule has 0 aromatic rings. The Labute approximate surface area is 87.5 Å². The van der Waals surface area contributed by atoms with Crippen LogP contribution in [-0.2, 0) is 4.79 Å². The number of carbonyl (C=O) groups is 1. The summed E-state index contributed by atoms with van der Waals surface area (Å²) in [6, 6.07) is -0.169. The predicted octanol–water partition coefficient (Wildman–Crippen LogP) is 0.997. The van der Waals surface area contributed by atoms with Gasteiger partial charge in [0.15, 0.2) is 0 Å². The molecule has 1 N–H and O–H groups in total. The van der Waals surface area contributed by atoms with Crippen molar-refractivity contribution in [2.24, 2.45) is 0 Å². The summed E-state index contributed by atoms with van der Waals surface area (Å²) >= 11 is 0. The van der Waals surface area contributed by atoms with Gasteiger partial charge in [-0.15, -0.1) is 0 Å². The van der Waals surface area contributed by atoms with Gasteiger partial charge in [-0.1, -0.05) is 13.2 Å². The molecule has 13 heavy (non-hydrogen) atoms. The Bertz CT molecular complexity index is 305. The predicted molar refractivity (Wildman–Crippen MR) is 53.6 cm³/mol. The molecule has 1 heterocycles. The van der Waals surface area contributed by atoms with Crippen LogP contribution in [0.4, 0.5) is 0 Å². The Morgan fingerprint density at radius 1 is 1.85 bits per heavy atom. The molecule has 0 bridgehead atoms. The molecule has 0 aromatic heterocycles. The van der Waals surface area contributed by atoms with Gasteiger partial charge < -0.3 is 5.32 Å². The van der Waals surface area contributed by atoms with Gasteiger partial charge >= 0.3 is 0 Å². The summed E-state index contributed by atoms with van der Waals surface area (Å²) in [6.07, 6.45) is -0.644. The zero-order valence-corrected chi connectivity index (χ0v) is 7.97. The summed E-state index contributed by atoms with van der Waals surface area (Å²) in [5, 5.41) is 2.52. The third-order valence-electron chi connectivity index (χ3n) is 2.46. The molecule has 0 aromatic carbocycles. The number of nitrogens with one attached hydrogen (secondary N) is 1. The highest BCUT2D eigenvalue weighted by Crippen LogP contribution is 2.20. The van der Waals surface area contributed by atoms with Gasteiger partial charge in [-0.05, 0) is 25.8 Å². The van der Waals surface area contributed by atoms with Crippen LogP contribution in [0.25, 0.3) is 0 Å². The SMILES string of the molecule is [2H]C([2H])([2H])C([2H])([2H])CC1CCC[15N]1CC(=O)[15NH][13CH3]. The van der Waals surface area contributed by atoms with Gasteiger partial charge in [-0.3, -0.25) is 9.69 Å². The molecule has 1 amide bonds. The van der Waals surface area contributed by atoms with Crippen LogP contribution in [0, 0.1) is 0 Å². The summed E-state index contributed by atoms with van der Waals surface area (Å²) in [5.74, 6) is -0.128. The third-order valence-corrected chi connectivity index (χ3v) is 2.46. The van der Waals surface area contributed by atoms with Gasteiger partial charge in [0.05, 0.1) is 6.54 Å². The summed E-state index contributed by atoms with van der Waals surface area (Å²) in [6.45, 7) is -1.69. The number of amides is 1. The second-order valence-corrected chi connectivity index (χ2v) is 3.32. The molecule has 3 heteroatoms. The molecule has 0 aliphatic carbocycles. The normalized spacial score (nSPS) is 31.2. The van der Waals surface area contributed by atoms with E-state index >= 15 is 0 Å². The highest BCUT2D eigenvalue weighted by atomic mass is 16.2. The van der Waals surface area contributed by atoms with Crippen LogP contribution in [0.3, 0.4) is 0 Å². The first-order valence-corrected chi connectivity index (χ1v) is 4.62. The average Bonchev–Trinajstić information content (AvgIpc) is 2.63. The van der Waals surface area contributed by atoms with Crippen LogP contribution < -0.4 is 5.32 Å². The molecule has 0 spiro atoms. The molecule has 1 unspecified atom stereocenters. The highest BCUT2D eigenvalue weighted by molar-refractivity contribution is 5.77. The topological polar surface area (TPSA) is 32.3 Å². The van der Waals surface area contributed by atoms with Crippen molar-refractivity contribution in [3.8, 4) is 0 Å². The number of carbonyl (C=O) groups excluding carboxylic acids is 1. The highest BCUT2D eigenvalue weighted by Gasteiger charge is 2.24. The van der Waals surface area contributed by atoms with E-state index in [2.05, 4.69) is 5.32 Å². The number of nitrogens with zero attached hydrogens (tertiary/aromatic N) is 1. The lowest BCUT2D eigenvalue weighted by Gasteiger charge is -2.22. The van der Waals surface area contributed by atoms with Crippen molar-refractivity contribution >= 4 is 5.91 Å². The lowest BCUT2D eigenvalue weighted by Crippen LogP contribution is -2.38. The molecular formula is C10H20N2O. The molecule has 1 rings (SSSR count). The minimum absolute atomic E-state index is 0.0551. The second-order valence-electron chi connectivity index (χ2n) is 3.32. The van der Waals surface area contributed by atoms with Crippen molar-refractivity contribution in [2.75, 3.05) is 20.1 Å². The fraction of sp³-hybridized carbons (Fsp3) is 0.900. The van der Waals surface area contributed by atoms with Gasteiger partial charge in [0.25, 0.3) is 0 Å². The number of hydrogen-bond donors (Lipinski definition) is 1.